The van der Waals surface area contributed by atoms with Crippen LogP contribution in [0.5, 0.6) is 5.75 Å². The molecule has 0 saturated carbocycles. The van der Waals surface area contributed by atoms with Gasteiger partial charge in [0.25, 0.3) is 5.91 Å². The minimum absolute atomic E-state index is 0.0511. The van der Waals surface area contributed by atoms with Gasteiger partial charge in [-0.25, -0.2) is 9.37 Å². The fourth-order valence-corrected chi connectivity index (χ4v) is 4.91. The summed E-state index contributed by atoms with van der Waals surface area (Å²) in [5.41, 5.74) is 8.64. The number of likely N-dealkylation sites (tertiary alicyclic amines) is 1. The largest absolute Gasteiger partial charge is 0.482 e. The zero-order valence-corrected chi connectivity index (χ0v) is 20.5. The summed E-state index contributed by atoms with van der Waals surface area (Å²) in [7, 11) is 0. The second-order valence-corrected chi connectivity index (χ2v) is 9.49. The van der Waals surface area contributed by atoms with Crippen molar-refractivity contribution < 1.29 is 13.9 Å². The van der Waals surface area contributed by atoms with Crippen molar-refractivity contribution in [2.24, 2.45) is 5.92 Å². The molecular weight excluding hydrogens is 476 g/mol. The molecule has 1 aliphatic heterocycles. The highest BCUT2D eigenvalue weighted by atomic mass is 35.5. The van der Waals surface area contributed by atoms with Crippen LogP contribution in [0, 0.1) is 11.7 Å². The highest BCUT2D eigenvalue weighted by Crippen LogP contribution is 2.37. The van der Waals surface area contributed by atoms with Crippen molar-refractivity contribution in [2.75, 3.05) is 18.8 Å². The van der Waals surface area contributed by atoms with Crippen molar-refractivity contribution in [1.29, 1.82) is 0 Å². The lowest BCUT2D eigenvalue weighted by Gasteiger charge is -2.31. The van der Waals surface area contributed by atoms with E-state index in [0.29, 0.717) is 27.8 Å². The Bertz CT molecular complexity index is 1200. The molecule has 1 fully saturated rings. The Balaban J connectivity index is 1.54. The van der Waals surface area contributed by atoms with Crippen LogP contribution >= 0.6 is 23.2 Å². The zero-order chi connectivity index (χ0) is 24.4. The number of nitrogens with zero attached hydrogens (tertiary/aromatic N) is 2. The number of carbonyl (C=O) groups is 1. The van der Waals surface area contributed by atoms with Gasteiger partial charge in [0.15, 0.2) is 11.6 Å². The van der Waals surface area contributed by atoms with Crippen LogP contribution in [0.25, 0.3) is 11.1 Å². The third kappa shape index (κ3) is 5.13. The van der Waals surface area contributed by atoms with Crippen LogP contribution in [0.15, 0.2) is 48.7 Å². The first-order valence-electron chi connectivity index (χ1n) is 11.2. The van der Waals surface area contributed by atoms with Crippen molar-refractivity contribution in [3.05, 3.63) is 75.7 Å². The number of hydrogen-bond acceptors (Lipinski definition) is 4. The minimum Gasteiger partial charge on any atom is -0.482 e. The number of nitrogen functional groups attached to an aromatic ring is 1. The van der Waals surface area contributed by atoms with Gasteiger partial charge in [0.1, 0.15) is 11.9 Å². The number of rotatable bonds is 5. The van der Waals surface area contributed by atoms with Gasteiger partial charge in [0.05, 0.1) is 5.02 Å². The van der Waals surface area contributed by atoms with E-state index in [1.807, 2.05) is 29.2 Å². The molecule has 1 unspecified atom stereocenters. The molecule has 5 nitrogen and oxygen atoms in total. The Kier molecular flexibility index (Phi) is 7.29. The Morgan fingerprint density at radius 1 is 1.21 bits per heavy atom. The van der Waals surface area contributed by atoms with Crippen LogP contribution in [-0.2, 0) is 0 Å². The van der Waals surface area contributed by atoms with Crippen molar-refractivity contribution in [3.8, 4) is 16.9 Å². The van der Waals surface area contributed by atoms with E-state index >= 15 is 0 Å². The summed E-state index contributed by atoms with van der Waals surface area (Å²) in [6.45, 7) is 5.47. The molecular formula is C26H26Cl2FN3O2. The molecule has 1 saturated heterocycles. The number of anilines is 1. The SMILES string of the molecule is CC(Oc1cc(-c2ccc(C(=O)N3CCC[C@H](C)C3)cc2)cnc1N)c1c(Cl)ccc(F)c1Cl. The summed E-state index contributed by atoms with van der Waals surface area (Å²) in [4.78, 5) is 19.0. The molecule has 8 heteroatoms. The maximum atomic E-state index is 13.9. The van der Waals surface area contributed by atoms with Crippen molar-refractivity contribution in [3.63, 3.8) is 0 Å². The maximum Gasteiger partial charge on any atom is 0.253 e. The number of pyridine rings is 1. The highest BCUT2D eigenvalue weighted by molar-refractivity contribution is 6.36. The number of halogens is 3. The summed E-state index contributed by atoms with van der Waals surface area (Å²) < 4.78 is 19.9. The fourth-order valence-electron chi connectivity index (χ4n) is 4.23. The van der Waals surface area contributed by atoms with Gasteiger partial charge >= 0.3 is 0 Å². The predicted molar refractivity (Wildman–Crippen MR) is 134 cm³/mol. The van der Waals surface area contributed by atoms with Crippen molar-refractivity contribution >= 4 is 34.9 Å². The molecule has 1 amide bonds. The summed E-state index contributed by atoms with van der Waals surface area (Å²) >= 11 is 12.3. The van der Waals surface area contributed by atoms with Gasteiger partial charge in [0.2, 0.25) is 0 Å². The Morgan fingerprint density at radius 3 is 2.65 bits per heavy atom. The van der Waals surface area contributed by atoms with E-state index in [1.165, 1.54) is 12.1 Å². The number of amides is 1. The van der Waals surface area contributed by atoms with Crippen LogP contribution < -0.4 is 10.5 Å². The molecule has 0 radical (unpaired) electrons. The number of piperidine rings is 1. The number of nitrogens with two attached hydrogens (primary N) is 1. The van der Waals surface area contributed by atoms with Crippen LogP contribution in [0.2, 0.25) is 10.0 Å². The van der Waals surface area contributed by atoms with E-state index < -0.39 is 11.9 Å². The standard InChI is InChI=1S/C26H26Cl2FN3O2/c1-15-4-3-11-32(14-15)26(33)18-7-5-17(6-8-18)19-12-22(25(30)31-13-19)34-16(2)23-20(27)9-10-21(29)24(23)28/h5-10,12-13,15-16H,3-4,11,14H2,1-2H3,(H2,30,31)/t15-,16?/m0/s1. The van der Waals surface area contributed by atoms with Gasteiger partial charge in [-0.3, -0.25) is 4.79 Å². The zero-order valence-electron chi connectivity index (χ0n) is 19.0. The molecule has 1 aliphatic rings. The first-order valence-corrected chi connectivity index (χ1v) is 12.0. The molecule has 34 heavy (non-hydrogen) atoms. The van der Waals surface area contributed by atoms with E-state index in [2.05, 4.69) is 11.9 Å². The minimum atomic E-state index is -0.665. The van der Waals surface area contributed by atoms with E-state index in [1.54, 1.807) is 19.2 Å². The van der Waals surface area contributed by atoms with Crippen LogP contribution in [0.4, 0.5) is 10.2 Å². The molecule has 1 aromatic heterocycles. The average Bonchev–Trinajstić information content (AvgIpc) is 2.83. The van der Waals surface area contributed by atoms with Crippen LogP contribution in [0.1, 0.15) is 48.7 Å². The number of carbonyl (C=O) groups excluding carboxylic acids is 1. The average molecular weight is 502 g/mol. The van der Waals surface area contributed by atoms with Gasteiger partial charge in [-0.05, 0) is 61.6 Å². The molecule has 2 N–H and O–H groups in total. The van der Waals surface area contributed by atoms with Crippen molar-refractivity contribution in [1.82, 2.24) is 9.88 Å². The molecule has 2 atom stereocenters. The highest BCUT2D eigenvalue weighted by Gasteiger charge is 2.22. The lowest BCUT2D eigenvalue weighted by Crippen LogP contribution is -2.39. The fraction of sp³-hybridized carbons (Fsp3) is 0.308. The molecule has 2 aromatic carbocycles. The first-order chi connectivity index (χ1) is 16.2. The van der Waals surface area contributed by atoms with E-state index in [9.17, 15) is 9.18 Å². The third-order valence-corrected chi connectivity index (χ3v) is 6.79. The molecule has 0 aliphatic carbocycles. The summed E-state index contributed by atoms with van der Waals surface area (Å²) in [6, 6.07) is 11.8. The summed E-state index contributed by atoms with van der Waals surface area (Å²) in [6.07, 6.45) is 3.17. The normalized spacial score (nSPS) is 16.9. The van der Waals surface area contributed by atoms with E-state index in [4.69, 9.17) is 33.7 Å². The monoisotopic (exact) mass is 501 g/mol. The lowest BCUT2D eigenvalue weighted by atomic mass is 9.99. The molecule has 2 heterocycles. The van der Waals surface area contributed by atoms with Crippen LogP contribution in [0.3, 0.4) is 0 Å². The van der Waals surface area contributed by atoms with Crippen molar-refractivity contribution in [2.45, 2.75) is 32.8 Å². The Labute approximate surface area is 208 Å². The van der Waals surface area contributed by atoms with Gasteiger partial charge in [0, 0.05) is 41.0 Å². The van der Waals surface area contributed by atoms with E-state index in [-0.39, 0.29) is 16.7 Å². The van der Waals surface area contributed by atoms with Gasteiger partial charge in [-0.2, -0.15) is 0 Å². The van der Waals surface area contributed by atoms with Gasteiger partial charge in [-0.1, -0.05) is 42.3 Å². The van der Waals surface area contributed by atoms with Gasteiger partial charge in [-0.15, -0.1) is 0 Å². The number of hydrogen-bond donors (Lipinski definition) is 1. The molecule has 0 bridgehead atoms. The third-order valence-electron chi connectivity index (χ3n) is 6.08. The van der Waals surface area contributed by atoms with E-state index in [0.717, 1.165) is 37.1 Å². The predicted octanol–water partition coefficient (Wildman–Crippen LogP) is 6.79. The first kappa shape index (κ1) is 24.3. The number of aromatic nitrogens is 1. The molecule has 0 spiro atoms. The number of ether oxygens (including phenoxy) is 1. The smallest absolute Gasteiger partial charge is 0.253 e. The topological polar surface area (TPSA) is 68.5 Å². The van der Waals surface area contributed by atoms with Gasteiger partial charge < -0.3 is 15.4 Å². The molecule has 3 aromatic rings. The summed E-state index contributed by atoms with van der Waals surface area (Å²) in [5, 5.41) is 0.205. The quantitative estimate of drug-likeness (QED) is 0.390. The lowest BCUT2D eigenvalue weighted by molar-refractivity contribution is 0.0683. The molecule has 178 valence electrons. The Hall–Kier alpha value is -2.83. The van der Waals surface area contributed by atoms with Crippen LogP contribution in [-0.4, -0.2) is 28.9 Å². The maximum absolute atomic E-state index is 13.9. The Morgan fingerprint density at radius 2 is 1.94 bits per heavy atom. The number of benzene rings is 2. The second kappa shape index (κ2) is 10.2. The molecule has 4 rings (SSSR count). The second-order valence-electron chi connectivity index (χ2n) is 8.70. The summed E-state index contributed by atoms with van der Waals surface area (Å²) in [5.74, 6) is 0.505.